The first-order valence-corrected chi connectivity index (χ1v) is 11.0. The molecule has 30 heavy (non-hydrogen) atoms. The Labute approximate surface area is 179 Å². The molecule has 1 unspecified atom stereocenters. The first-order valence-electron chi connectivity index (χ1n) is 10.1. The van der Waals surface area contributed by atoms with Crippen LogP contribution in [0.2, 0.25) is 0 Å². The molecule has 0 aliphatic carbocycles. The van der Waals surface area contributed by atoms with Crippen molar-refractivity contribution in [1.29, 1.82) is 0 Å². The van der Waals surface area contributed by atoms with E-state index in [0.717, 1.165) is 31.5 Å². The van der Waals surface area contributed by atoms with Gasteiger partial charge in [0.05, 0.1) is 11.0 Å². The van der Waals surface area contributed by atoms with Crippen LogP contribution in [0.25, 0.3) is 0 Å². The van der Waals surface area contributed by atoms with Gasteiger partial charge in [-0.2, -0.15) is 11.3 Å². The van der Waals surface area contributed by atoms with E-state index in [4.69, 9.17) is 0 Å². The summed E-state index contributed by atoms with van der Waals surface area (Å²) in [6, 6.07) is 6.48. The van der Waals surface area contributed by atoms with E-state index < -0.39 is 16.7 Å². The largest absolute Gasteiger partial charge is 0.346 e. The summed E-state index contributed by atoms with van der Waals surface area (Å²) >= 11 is 1.60. The molecule has 2 amide bonds. The van der Waals surface area contributed by atoms with E-state index in [1.54, 1.807) is 24.3 Å². The van der Waals surface area contributed by atoms with Crippen molar-refractivity contribution in [1.82, 2.24) is 10.2 Å². The molecule has 1 aromatic carbocycles. The van der Waals surface area contributed by atoms with E-state index in [0.29, 0.717) is 12.1 Å². The zero-order valence-corrected chi connectivity index (χ0v) is 17.7. The zero-order chi connectivity index (χ0) is 21.5. The fourth-order valence-corrected chi connectivity index (χ4v) is 4.38. The van der Waals surface area contributed by atoms with Gasteiger partial charge in [0.15, 0.2) is 0 Å². The van der Waals surface area contributed by atoms with Gasteiger partial charge < -0.3 is 10.6 Å². The van der Waals surface area contributed by atoms with Gasteiger partial charge in [0.2, 0.25) is 0 Å². The van der Waals surface area contributed by atoms with Gasteiger partial charge in [0, 0.05) is 12.6 Å². The number of hydrogen-bond donors (Lipinski definition) is 2. The highest BCUT2D eigenvalue weighted by Crippen LogP contribution is 2.26. The topological polar surface area (TPSA) is 105 Å². The van der Waals surface area contributed by atoms with Crippen molar-refractivity contribution in [2.24, 2.45) is 0 Å². The molecule has 3 rings (SSSR count). The Hall–Kier alpha value is -2.78. The summed E-state index contributed by atoms with van der Waals surface area (Å²) in [6.07, 6.45) is 4.65. The van der Waals surface area contributed by atoms with Crippen LogP contribution >= 0.6 is 11.3 Å². The summed E-state index contributed by atoms with van der Waals surface area (Å²) in [7, 11) is 0. The zero-order valence-electron chi connectivity index (χ0n) is 16.9. The molecule has 0 bridgehead atoms. The first-order chi connectivity index (χ1) is 14.5. The third-order valence-corrected chi connectivity index (χ3v) is 5.97. The standard InChI is InChI=1S/C21H26N4O4S/c1-15-6-7-17(18(12-15)25(28)29)23-21(27)20(26)22-13-19(16-8-11-30-14-16)24-9-4-2-3-5-10-24/h6-8,11-12,14,19H,2-5,9-10,13H2,1H3,(H,22,26)(H,23,27). The molecule has 9 heteroatoms. The summed E-state index contributed by atoms with van der Waals surface area (Å²) < 4.78 is 0. The molecule has 1 atom stereocenters. The molecule has 1 aliphatic rings. The van der Waals surface area contributed by atoms with Gasteiger partial charge in [-0.1, -0.05) is 18.9 Å². The molecule has 160 valence electrons. The molecule has 2 N–H and O–H groups in total. The van der Waals surface area contributed by atoms with Crippen LogP contribution < -0.4 is 10.6 Å². The van der Waals surface area contributed by atoms with Crippen LogP contribution in [0.4, 0.5) is 11.4 Å². The van der Waals surface area contributed by atoms with Crippen LogP contribution in [-0.2, 0) is 9.59 Å². The smallest absolute Gasteiger partial charge is 0.313 e. The predicted octanol–water partition coefficient (Wildman–Crippen LogP) is 3.64. The number of aryl methyl sites for hydroxylation is 1. The summed E-state index contributed by atoms with van der Waals surface area (Å²) in [6.45, 7) is 3.94. The number of benzene rings is 1. The molecule has 0 spiro atoms. The maximum atomic E-state index is 12.4. The second kappa shape index (κ2) is 10.3. The fraction of sp³-hybridized carbons (Fsp3) is 0.429. The number of likely N-dealkylation sites (tertiary alicyclic amines) is 1. The number of anilines is 1. The Morgan fingerprint density at radius 1 is 1.17 bits per heavy atom. The number of nitrogens with zero attached hydrogens (tertiary/aromatic N) is 2. The van der Waals surface area contributed by atoms with Crippen molar-refractivity contribution in [3.05, 3.63) is 56.3 Å². The highest BCUT2D eigenvalue weighted by atomic mass is 32.1. The van der Waals surface area contributed by atoms with Crippen LogP contribution in [0.15, 0.2) is 35.0 Å². The van der Waals surface area contributed by atoms with E-state index in [9.17, 15) is 19.7 Å². The van der Waals surface area contributed by atoms with Gasteiger partial charge in [-0.05, 0) is 66.9 Å². The molecule has 0 radical (unpaired) electrons. The Morgan fingerprint density at radius 3 is 2.53 bits per heavy atom. The van der Waals surface area contributed by atoms with Crippen LogP contribution in [-0.4, -0.2) is 41.3 Å². The average molecular weight is 431 g/mol. The van der Waals surface area contributed by atoms with Crippen LogP contribution in [0.5, 0.6) is 0 Å². The fourth-order valence-electron chi connectivity index (χ4n) is 3.68. The maximum absolute atomic E-state index is 12.4. The van der Waals surface area contributed by atoms with E-state index in [1.165, 1.54) is 25.0 Å². The summed E-state index contributed by atoms with van der Waals surface area (Å²) in [5.41, 5.74) is 1.58. The normalized spacial score (nSPS) is 15.8. The number of thiophene rings is 1. The number of carbonyl (C=O) groups excluding carboxylic acids is 2. The second-order valence-electron chi connectivity index (χ2n) is 7.46. The van der Waals surface area contributed by atoms with Crippen LogP contribution in [0.1, 0.15) is 42.9 Å². The lowest BCUT2D eigenvalue weighted by molar-refractivity contribution is -0.384. The lowest BCUT2D eigenvalue weighted by Crippen LogP contribution is -2.42. The average Bonchev–Trinajstić information content (AvgIpc) is 3.12. The quantitative estimate of drug-likeness (QED) is 0.414. The van der Waals surface area contributed by atoms with Crippen LogP contribution in [0.3, 0.4) is 0 Å². The summed E-state index contributed by atoms with van der Waals surface area (Å²) in [5, 5.41) is 20.4. The number of nitrogens with one attached hydrogen (secondary N) is 2. The minimum absolute atomic E-state index is 0.000175. The molecular weight excluding hydrogens is 404 g/mol. The second-order valence-corrected chi connectivity index (χ2v) is 8.24. The molecular formula is C21H26N4O4S. The Kier molecular flexibility index (Phi) is 7.53. The molecule has 2 aromatic rings. The highest BCUT2D eigenvalue weighted by Gasteiger charge is 2.25. The third-order valence-electron chi connectivity index (χ3n) is 5.27. The molecule has 1 aliphatic heterocycles. The molecule has 1 fully saturated rings. The van der Waals surface area contributed by atoms with Gasteiger partial charge in [-0.25, -0.2) is 0 Å². The van der Waals surface area contributed by atoms with Gasteiger partial charge in [0.1, 0.15) is 5.69 Å². The Morgan fingerprint density at radius 2 is 1.90 bits per heavy atom. The number of carbonyl (C=O) groups is 2. The van der Waals surface area contributed by atoms with Gasteiger partial charge in [-0.3, -0.25) is 24.6 Å². The maximum Gasteiger partial charge on any atom is 0.313 e. The van der Waals surface area contributed by atoms with E-state index >= 15 is 0 Å². The van der Waals surface area contributed by atoms with Crippen molar-refractivity contribution in [3.8, 4) is 0 Å². The van der Waals surface area contributed by atoms with E-state index in [2.05, 4.69) is 20.9 Å². The molecule has 0 saturated carbocycles. The number of nitro benzene ring substituents is 1. The number of amides is 2. The lowest BCUT2D eigenvalue weighted by atomic mass is 10.1. The highest BCUT2D eigenvalue weighted by molar-refractivity contribution is 7.08. The Bertz CT molecular complexity index is 892. The number of rotatable bonds is 6. The molecule has 2 heterocycles. The molecule has 1 saturated heterocycles. The predicted molar refractivity (Wildman–Crippen MR) is 117 cm³/mol. The monoisotopic (exact) mass is 430 g/mol. The van der Waals surface area contributed by atoms with Crippen molar-refractivity contribution in [2.45, 2.75) is 38.6 Å². The van der Waals surface area contributed by atoms with Crippen molar-refractivity contribution in [3.63, 3.8) is 0 Å². The van der Waals surface area contributed by atoms with E-state index in [-0.39, 0.29) is 17.4 Å². The molecule has 1 aromatic heterocycles. The van der Waals surface area contributed by atoms with Crippen molar-refractivity contribution in [2.75, 3.05) is 25.0 Å². The lowest BCUT2D eigenvalue weighted by Gasteiger charge is -2.30. The number of nitro groups is 1. The minimum atomic E-state index is -0.915. The summed E-state index contributed by atoms with van der Waals surface area (Å²) in [4.78, 5) is 37.8. The van der Waals surface area contributed by atoms with Crippen LogP contribution in [0, 0.1) is 17.0 Å². The van der Waals surface area contributed by atoms with Crippen molar-refractivity contribution >= 4 is 34.5 Å². The van der Waals surface area contributed by atoms with Gasteiger partial charge in [-0.15, -0.1) is 0 Å². The number of hydrogen-bond acceptors (Lipinski definition) is 6. The summed E-state index contributed by atoms with van der Waals surface area (Å²) in [5.74, 6) is -1.72. The van der Waals surface area contributed by atoms with Gasteiger partial charge >= 0.3 is 11.8 Å². The first kappa shape index (κ1) is 21.9. The molecule has 8 nitrogen and oxygen atoms in total. The van der Waals surface area contributed by atoms with E-state index in [1.807, 2.05) is 11.4 Å². The minimum Gasteiger partial charge on any atom is -0.346 e. The SMILES string of the molecule is Cc1ccc(NC(=O)C(=O)NCC(c2ccsc2)N2CCCCCC2)c([N+](=O)[O-])c1. The Balaban J connectivity index is 1.65. The third kappa shape index (κ3) is 5.64. The van der Waals surface area contributed by atoms with Crippen molar-refractivity contribution < 1.29 is 14.5 Å². The van der Waals surface area contributed by atoms with Gasteiger partial charge in [0.25, 0.3) is 5.69 Å².